The molecule has 1 heterocycles. The van der Waals surface area contributed by atoms with Gasteiger partial charge >= 0.3 is 5.97 Å². The van der Waals surface area contributed by atoms with Crippen molar-refractivity contribution in [1.82, 2.24) is 15.1 Å². The zero-order valence-corrected chi connectivity index (χ0v) is 16.5. The summed E-state index contributed by atoms with van der Waals surface area (Å²) >= 11 is 6.33. The Morgan fingerprint density at radius 1 is 1.35 bits per heavy atom. The summed E-state index contributed by atoms with van der Waals surface area (Å²) in [6.07, 6.45) is 8.36. The number of aromatic nitrogens is 2. The van der Waals surface area contributed by atoms with E-state index in [1.54, 1.807) is 10.8 Å². The van der Waals surface area contributed by atoms with Crippen LogP contribution in [0.25, 0.3) is 6.08 Å². The summed E-state index contributed by atoms with van der Waals surface area (Å²) in [5.41, 5.74) is 1.44. The number of carbonyl (C=O) groups excluding carboxylic acids is 2. The molecule has 0 aromatic carbocycles. The van der Waals surface area contributed by atoms with Crippen LogP contribution in [0.3, 0.4) is 0 Å². The fourth-order valence-corrected chi connectivity index (χ4v) is 3.38. The molecule has 6 nitrogen and oxygen atoms in total. The average Bonchev–Trinajstić information content (AvgIpc) is 2.85. The zero-order chi connectivity index (χ0) is 19.1. The first-order chi connectivity index (χ1) is 12.4. The van der Waals surface area contributed by atoms with Gasteiger partial charge in [-0.1, -0.05) is 44.7 Å². The highest BCUT2D eigenvalue weighted by Gasteiger charge is 2.16. The molecule has 0 atom stereocenters. The molecule has 0 radical (unpaired) electrons. The number of nitrogens with one attached hydrogen (secondary N) is 1. The molecule has 0 bridgehead atoms. The first-order valence-electron chi connectivity index (χ1n) is 9.24. The number of aryl methyl sites for hydroxylation is 1. The summed E-state index contributed by atoms with van der Waals surface area (Å²) in [4.78, 5) is 23.7. The summed E-state index contributed by atoms with van der Waals surface area (Å²) in [7, 11) is 0. The van der Waals surface area contributed by atoms with Gasteiger partial charge in [-0.3, -0.25) is 9.48 Å². The normalized spacial score (nSPS) is 15.6. The van der Waals surface area contributed by atoms with Crippen LogP contribution in [-0.2, 0) is 20.9 Å². The number of ether oxygens (including phenoxy) is 1. The van der Waals surface area contributed by atoms with Crippen molar-refractivity contribution in [2.45, 2.75) is 65.5 Å². The second-order valence-corrected chi connectivity index (χ2v) is 7.57. The summed E-state index contributed by atoms with van der Waals surface area (Å²) in [5.74, 6) is -0.412. The van der Waals surface area contributed by atoms with Crippen molar-refractivity contribution in [2.24, 2.45) is 5.92 Å². The molecule has 1 amide bonds. The van der Waals surface area contributed by atoms with Gasteiger partial charge in [0.25, 0.3) is 5.91 Å². The minimum atomic E-state index is -0.573. The maximum absolute atomic E-state index is 11.9. The SMILES string of the molecule is Cc1nn(CC(C)C)c(Cl)c1/C=C/C(=O)OCC(=O)NC1CCCCC1. The Kier molecular flexibility index (Phi) is 7.69. The van der Waals surface area contributed by atoms with Crippen LogP contribution in [0.5, 0.6) is 0 Å². The molecule has 0 aliphatic heterocycles. The van der Waals surface area contributed by atoms with E-state index in [2.05, 4.69) is 24.3 Å². The van der Waals surface area contributed by atoms with E-state index < -0.39 is 5.97 Å². The summed E-state index contributed by atoms with van der Waals surface area (Å²) in [6.45, 7) is 6.45. The number of carbonyl (C=O) groups is 2. The average molecular weight is 382 g/mol. The highest BCUT2D eigenvalue weighted by atomic mass is 35.5. The maximum atomic E-state index is 11.9. The van der Waals surface area contributed by atoms with Crippen LogP contribution in [0.15, 0.2) is 6.08 Å². The van der Waals surface area contributed by atoms with Crippen molar-refractivity contribution < 1.29 is 14.3 Å². The monoisotopic (exact) mass is 381 g/mol. The van der Waals surface area contributed by atoms with E-state index >= 15 is 0 Å². The predicted octanol–water partition coefficient (Wildman–Crippen LogP) is 3.51. The van der Waals surface area contributed by atoms with Crippen LogP contribution in [0.1, 0.15) is 57.2 Å². The Labute approximate surface area is 159 Å². The molecule has 1 saturated carbocycles. The number of amides is 1. The Morgan fingerprint density at radius 3 is 2.69 bits per heavy atom. The van der Waals surface area contributed by atoms with E-state index in [9.17, 15) is 9.59 Å². The van der Waals surface area contributed by atoms with Crippen molar-refractivity contribution in [3.8, 4) is 0 Å². The minimum absolute atomic E-state index is 0.207. The summed E-state index contributed by atoms with van der Waals surface area (Å²) < 4.78 is 6.74. The molecule has 1 aromatic heterocycles. The molecule has 1 aliphatic carbocycles. The summed E-state index contributed by atoms with van der Waals surface area (Å²) in [6, 6.07) is 0.207. The third-order valence-electron chi connectivity index (χ3n) is 4.35. The molecular weight excluding hydrogens is 354 g/mol. The lowest BCUT2D eigenvalue weighted by Crippen LogP contribution is -2.38. The number of halogens is 1. The zero-order valence-electron chi connectivity index (χ0n) is 15.8. The second kappa shape index (κ2) is 9.76. The fourth-order valence-electron chi connectivity index (χ4n) is 3.08. The molecule has 0 spiro atoms. The van der Waals surface area contributed by atoms with Gasteiger partial charge in [0.15, 0.2) is 6.61 Å². The molecular formula is C19H28ClN3O3. The van der Waals surface area contributed by atoms with E-state index in [1.807, 2.05) is 6.92 Å². The van der Waals surface area contributed by atoms with Crippen LogP contribution in [0, 0.1) is 12.8 Å². The molecule has 7 heteroatoms. The molecule has 1 aliphatic rings. The van der Waals surface area contributed by atoms with Gasteiger partial charge in [-0.05, 0) is 31.8 Å². The van der Waals surface area contributed by atoms with Crippen LogP contribution in [0.2, 0.25) is 5.15 Å². The van der Waals surface area contributed by atoms with Crippen LogP contribution in [0.4, 0.5) is 0 Å². The molecule has 26 heavy (non-hydrogen) atoms. The second-order valence-electron chi connectivity index (χ2n) is 7.21. The van der Waals surface area contributed by atoms with Crippen molar-refractivity contribution in [1.29, 1.82) is 0 Å². The number of hydrogen-bond donors (Lipinski definition) is 1. The standard InChI is InChI=1S/C19H28ClN3O3/c1-13(2)11-23-19(20)16(14(3)22-23)9-10-18(25)26-12-17(24)21-15-7-5-4-6-8-15/h9-10,13,15H,4-8,11-12H2,1-3H3,(H,21,24)/b10-9+. The lowest BCUT2D eigenvalue weighted by Gasteiger charge is -2.22. The highest BCUT2D eigenvalue weighted by Crippen LogP contribution is 2.22. The molecule has 1 aromatic rings. The smallest absolute Gasteiger partial charge is 0.331 e. The first-order valence-corrected chi connectivity index (χ1v) is 9.61. The molecule has 1 N–H and O–H groups in total. The van der Waals surface area contributed by atoms with Crippen LogP contribution in [-0.4, -0.2) is 34.3 Å². The van der Waals surface area contributed by atoms with Crippen LogP contribution < -0.4 is 5.32 Å². The van der Waals surface area contributed by atoms with Crippen LogP contribution >= 0.6 is 11.6 Å². The Bertz CT molecular complexity index is 661. The van der Waals surface area contributed by atoms with E-state index in [4.69, 9.17) is 16.3 Å². The third-order valence-corrected chi connectivity index (χ3v) is 4.75. The number of esters is 1. The Hall–Kier alpha value is -1.82. The Balaban J connectivity index is 1.83. The van der Waals surface area contributed by atoms with Gasteiger partial charge in [0.05, 0.1) is 5.69 Å². The number of nitrogens with zero attached hydrogens (tertiary/aromatic N) is 2. The van der Waals surface area contributed by atoms with Gasteiger partial charge < -0.3 is 10.1 Å². The molecule has 2 rings (SSSR count). The van der Waals surface area contributed by atoms with Gasteiger partial charge in [-0.15, -0.1) is 0 Å². The predicted molar refractivity (Wildman–Crippen MR) is 102 cm³/mol. The van der Waals surface area contributed by atoms with Gasteiger partial charge in [0, 0.05) is 24.2 Å². The lowest BCUT2D eigenvalue weighted by atomic mass is 9.95. The number of rotatable bonds is 7. The van der Waals surface area contributed by atoms with Gasteiger partial charge in [-0.2, -0.15) is 5.10 Å². The maximum Gasteiger partial charge on any atom is 0.331 e. The molecule has 144 valence electrons. The van der Waals surface area contributed by atoms with Gasteiger partial charge in [0.1, 0.15) is 5.15 Å². The lowest BCUT2D eigenvalue weighted by molar-refractivity contribution is -0.144. The highest BCUT2D eigenvalue weighted by molar-refractivity contribution is 6.31. The van der Waals surface area contributed by atoms with Crippen molar-refractivity contribution >= 4 is 29.6 Å². The quantitative estimate of drug-likeness (QED) is 0.579. The largest absolute Gasteiger partial charge is 0.452 e. The Morgan fingerprint density at radius 2 is 2.04 bits per heavy atom. The number of hydrogen-bond acceptors (Lipinski definition) is 4. The van der Waals surface area contributed by atoms with Crippen molar-refractivity contribution in [2.75, 3.05) is 6.61 Å². The van der Waals surface area contributed by atoms with E-state index in [0.29, 0.717) is 23.2 Å². The molecule has 0 saturated heterocycles. The molecule has 0 unspecified atom stereocenters. The van der Waals surface area contributed by atoms with Crippen molar-refractivity contribution in [3.63, 3.8) is 0 Å². The topological polar surface area (TPSA) is 73.2 Å². The van der Waals surface area contributed by atoms with E-state index in [1.165, 1.54) is 12.5 Å². The molecule has 1 fully saturated rings. The first kappa shape index (κ1) is 20.5. The fraction of sp³-hybridized carbons (Fsp3) is 0.632. The third kappa shape index (κ3) is 6.16. The van der Waals surface area contributed by atoms with Gasteiger partial charge in [0.2, 0.25) is 0 Å². The van der Waals surface area contributed by atoms with E-state index in [-0.39, 0.29) is 18.6 Å². The minimum Gasteiger partial charge on any atom is -0.452 e. The van der Waals surface area contributed by atoms with Gasteiger partial charge in [-0.25, -0.2) is 4.79 Å². The van der Waals surface area contributed by atoms with Crippen molar-refractivity contribution in [3.05, 3.63) is 22.5 Å². The van der Waals surface area contributed by atoms with E-state index in [0.717, 1.165) is 31.4 Å². The summed E-state index contributed by atoms with van der Waals surface area (Å²) in [5, 5.41) is 7.79.